The van der Waals surface area contributed by atoms with Crippen LogP contribution < -0.4 is 0 Å². The third kappa shape index (κ3) is 1.34. The Morgan fingerprint density at radius 3 is 3.12 bits per heavy atom. The van der Waals surface area contributed by atoms with Crippen LogP contribution in [0.25, 0.3) is 0 Å². The Balaban J connectivity index is 2.14. The average Bonchev–Trinajstić information content (AvgIpc) is 2.19. The molecule has 0 aromatic heterocycles. The lowest BCUT2D eigenvalue weighted by atomic mass is 10.4. The molecule has 0 bridgehead atoms. The van der Waals surface area contributed by atoms with Crippen molar-refractivity contribution in [2.45, 2.75) is 6.42 Å². The van der Waals surface area contributed by atoms with E-state index < -0.39 is 0 Å². The topological polar surface area (TPSA) is 3.24 Å². The highest BCUT2D eigenvalue weighted by molar-refractivity contribution is 4.84. The van der Waals surface area contributed by atoms with Crippen LogP contribution in [-0.4, -0.2) is 24.5 Å². The first-order valence-corrected chi connectivity index (χ1v) is 3.08. The molecule has 1 rings (SSSR count). The molecule has 1 aliphatic rings. The van der Waals surface area contributed by atoms with Crippen LogP contribution in [0.3, 0.4) is 0 Å². The zero-order valence-electron chi connectivity index (χ0n) is 5.14. The summed E-state index contributed by atoms with van der Waals surface area (Å²) in [5.74, 6) is 0. The maximum absolute atomic E-state index is 3.67. The number of rotatable bonds is 2. The second-order valence-electron chi connectivity index (χ2n) is 2.13. The Hall–Kier alpha value is -0.300. The van der Waals surface area contributed by atoms with Gasteiger partial charge >= 0.3 is 0 Å². The van der Waals surface area contributed by atoms with Crippen molar-refractivity contribution in [1.82, 2.24) is 4.90 Å². The summed E-state index contributed by atoms with van der Waals surface area (Å²) in [6.07, 6.45) is 5.52. The predicted octanol–water partition coefficient (Wildman–Crippen LogP) is 1.08. The molecule has 1 aliphatic heterocycles. The molecule has 1 heteroatoms. The number of nitrogens with zero attached hydrogens (tertiary/aromatic N) is 1. The van der Waals surface area contributed by atoms with Gasteiger partial charge in [0.2, 0.25) is 0 Å². The van der Waals surface area contributed by atoms with Crippen LogP contribution in [0.15, 0.2) is 12.7 Å². The van der Waals surface area contributed by atoms with Crippen molar-refractivity contribution in [3.63, 3.8) is 0 Å². The molecule has 0 saturated carbocycles. The highest BCUT2D eigenvalue weighted by Gasteiger charge is 2.08. The fourth-order valence-corrected chi connectivity index (χ4v) is 0.987. The summed E-state index contributed by atoms with van der Waals surface area (Å²) in [6.45, 7) is 7.11. The molecule has 1 saturated heterocycles. The summed E-state index contributed by atoms with van der Waals surface area (Å²) in [5.41, 5.74) is 0. The number of hydrogen-bond donors (Lipinski definition) is 0. The minimum Gasteiger partial charge on any atom is -0.299 e. The van der Waals surface area contributed by atoms with Gasteiger partial charge < -0.3 is 0 Å². The normalized spacial score (nSPS) is 21.5. The SMILES string of the molecule is C=CCN1C[CH]CC1. The van der Waals surface area contributed by atoms with Gasteiger partial charge in [-0.15, -0.1) is 6.58 Å². The molecule has 1 heterocycles. The van der Waals surface area contributed by atoms with Crippen molar-refractivity contribution < 1.29 is 0 Å². The maximum atomic E-state index is 3.67. The fourth-order valence-electron chi connectivity index (χ4n) is 0.987. The standard InChI is InChI=1S/C7H12N/c1-2-5-8-6-3-4-7-8/h2-3H,1,4-7H2. The Kier molecular flexibility index (Phi) is 2.10. The van der Waals surface area contributed by atoms with Crippen molar-refractivity contribution in [1.29, 1.82) is 0 Å². The summed E-state index contributed by atoms with van der Waals surface area (Å²) < 4.78 is 0. The van der Waals surface area contributed by atoms with Crippen molar-refractivity contribution in [3.05, 3.63) is 19.1 Å². The molecule has 0 aliphatic carbocycles. The van der Waals surface area contributed by atoms with Gasteiger partial charge in [-0.2, -0.15) is 0 Å². The molecule has 0 amide bonds. The van der Waals surface area contributed by atoms with E-state index in [0.29, 0.717) is 0 Å². The molecule has 0 atom stereocenters. The van der Waals surface area contributed by atoms with Gasteiger partial charge in [0.1, 0.15) is 0 Å². The molecule has 8 heavy (non-hydrogen) atoms. The lowest BCUT2D eigenvalue weighted by Crippen LogP contribution is -2.18. The Morgan fingerprint density at radius 2 is 2.62 bits per heavy atom. The summed E-state index contributed by atoms with van der Waals surface area (Å²) in [6, 6.07) is 0. The van der Waals surface area contributed by atoms with E-state index in [9.17, 15) is 0 Å². The number of likely N-dealkylation sites (tertiary alicyclic amines) is 1. The molecule has 1 radical (unpaired) electrons. The summed E-state index contributed by atoms with van der Waals surface area (Å²) >= 11 is 0. The monoisotopic (exact) mass is 110 g/mol. The second-order valence-corrected chi connectivity index (χ2v) is 2.13. The lowest BCUT2D eigenvalue weighted by molar-refractivity contribution is 0.383. The van der Waals surface area contributed by atoms with Gasteiger partial charge in [-0.05, 0) is 19.4 Å². The van der Waals surface area contributed by atoms with E-state index in [-0.39, 0.29) is 0 Å². The molecular formula is C7H12N. The minimum atomic E-state index is 1.05. The van der Waals surface area contributed by atoms with E-state index in [1.807, 2.05) is 6.08 Å². The van der Waals surface area contributed by atoms with Gasteiger partial charge in [0.25, 0.3) is 0 Å². The Morgan fingerprint density at radius 1 is 1.75 bits per heavy atom. The second kappa shape index (κ2) is 2.88. The largest absolute Gasteiger partial charge is 0.299 e. The summed E-state index contributed by atoms with van der Waals surface area (Å²) in [7, 11) is 0. The first kappa shape index (κ1) is 5.83. The Labute approximate surface area is 51.0 Å². The van der Waals surface area contributed by atoms with Crippen LogP contribution in [0.1, 0.15) is 6.42 Å². The van der Waals surface area contributed by atoms with Gasteiger partial charge in [-0.3, -0.25) is 4.90 Å². The van der Waals surface area contributed by atoms with Crippen LogP contribution >= 0.6 is 0 Å². The Bertz CT molecular complexity index is 72.5. The highest BCUT2D eigenvalue weighted by atomic mass is 15.1. The van der Waals surface area contributed by atoms with Gasteiger partial charge in [0.15, 0.2) is 0 Å². The van der Waals surface area contributed by atoms with Crippen LogP contribution in [0, 0.1) is 6.42 Å². The van der Waals surface area contributed by atoms with Crippen molar-refractivity contribution in [3.8, 4) is 0 Å². The molecule has 1 fully saturated rings. The van der Waals surface area contributed by atoms with E-state index in [1.165, 1.54) is 13.0 Å². The molecule has 0 unspecified atom stereocenters. The average molecular weight is 110 g/mol. The van der Waals surface area contributed by atoms with E-state index in [0.717, 1.165) is 13.1 Å². The summed E-state index contributed by atoms with van der Waals surface area (Å²) in [4.78, 5) is 2.37. The highest BCUT2D eigenvalue weighted by Crippen LogP contribution is 2.04. The van der Waals surface area contributed by atoms with Crippen LogP contribution in [0.4, 0.5) is 0 Å². The molecule has 0 aromatic rings. The zero-order chi connectivity index (χ0) is 5.82. The number of hydrogen-bond acceptors (Lipinski definition) is 1. The van der Waals surface area contributed by atoms with Crippen LogP contribution in [-0.2, 0) is 0 Å². The maximum Gasteiger partial charge on any atom is 0.0160 e. The van der Waals surface area contributed by atoms with E-state index in [2.05, 4.69) is 17.9 Å². The fraction of sp³-hybridized carbons (Fsp3) is 0.571. The zero-order valence-corrected chi connectivity index (χ0v) is 5.14. The molecule has 0 aromatic carbocycles. The predicted molar refractivity (Wildman–Crippen MR) is 35.6 cm³/mol. The van der Waals surface area contributed by atoms with Crippen molar-refractivity contribution in [2.75, 3.05) is 19.6 Å². The first-order chi connectivity index (χ1) is 3.93. The van der Waals surface area contributed by atoms with Gasteiger partial charge in [0.05, 0.1) is 0 Å². The molecule has 45 valence electrons. The third-order valence-electron chi connectivity index (χ3n) is 1.42. The smallest absolute Gasteiger partial charge is 0.0160 e. The molecule has 0 N–H and O–H groups in total. The lowest BCUT2D eigenvalue weighted by Gasteiger charge is -2.09. The third-order valence-corrected chi connectivity index (χ3v) is 1.42. The van der Waals surface area contributed by atoms with Gasteiger partial charge in [0, 0.05) is 13.1 Å². The minimum absolute atomic E-state index is 1.05. The molecule has 1 nitrogen and oxygen atoms in total. The quantitative estimate of drug-likeness (QED) is 0.481. The first-order valence-electron chi connectivity index (χ1n) is 3.08. The van der Waals surface area contributed by atoms with Gasteiger partial charge in [-0.25, -0.2) is 0 Å². The van der Waals surface area contributed by atoms with E-state index in [4.69, 9.17) is 0 Å². The van der Waals surface area contributed by atoms with Gasteiger partial charge in [-0.1, -0.05) is 6.08 Å². The van der Waals surface area contributed by atoms with Crippen molar-refractivity contribution >= 4 is 0 Å². The summed E-state index contributed by atoms with van der Waals surface area (Å²) in [5, 5.41) is 0. The molecular weight excluding hydrogens is 98.1 g/mol. The van der Waals surface area contributed by atoms with Crippen LogP contribution in [0.2, 0.25) is 0 Å². The van der Waals surface area contributed by atoms with E-state index in [1.54, 1.807) is 0 Å². The van der Waals surface area contributed by atoms with E-state index >= 15 is 0 Å². The van der Waals surface area contributed by atoms with Crippen LogP contribution in [0.5, 0.6) is 0 Å². The molecule has 0 spiro atoms. The van der Waals surface area contributed by atoms with Crippen molar-refractivity contribution in [2.24, 2.45) is 0 Å².